The first-order chi connectivity index (χ1) is 7.43. The zero-order valence-corrected chi connectivity index (χ0v) is 9.93. The minimum absolute atomic E-state index is 0.133. The number of aliphatic hydroxyl groups is 2. The van der Waals surface area contributed by atoms with E-state index in [2.05, 4.69) is 9.47 Å². The molecule has 0 aliphatic heterocycles. The molecule has 6 nitrogen and oxygen atoms in total. The van der Waals surface area contributed by atoms with Crippen LogP contribution in [0.3, 0.4) is 0 Å². The van der Waals surface area contributed by atoms with Gasteiger partial charge in [-0.05, 0) is 6.42 Å². The van der Waals surface area contributed by atoms with Gasteiger partial charge in [-0.1, -0.05) is 6.92 Å². The molecule has 1 atom stereocenters. The summed E-state index contributed by atoms with van der Waals surface area (Å²) in [5.41, 5.74) is 0. The van der Waals surface area contributed by atoms with Gasteiger partial charge in [0.25, 0.3) is 0 Å². The van der Waals surface area contributed by atoms with E-state index in [1.165, 1.54) is 13.8 Å². The van der Waals surface area contributed by atoms with E-state index in [4.69, 9.17) is 10.2 Å². The molecule has 6 heteroatoms. The Balaban J connectivity index is 0. The molecule has 1 unspecified atom stereocenters. The third-order valence-electron chi connectivity index (χ3n) is 1.20. The van der Waals surface area contributed by atoms with Gasteiger partial charge in [0.15, 0.2) is 0 Å². The fourth-order valence-electron chi connectivity index (χ4n) is 0.512. The molecule has 16 heavy (non-hydrogen) atoms. The lowest BCUT2D eigenvalue weighted by molar-refractivity contribution is -0.144. The van der Waals surface area contributed by atoms with E-state index in [9.17, 15) is 9.59 Å². The fourth-order valence-corrected chi connectivity index (χ4v) is 0.512. The molecule has 0 aromatic heterocycles. The molecule has 0 bridgehead atoms. The molecule has 96 valence electrons. The zero-order chi connectivity index (χ0) is 13.0. The van der Waals surface area contributed by atoms with Crippen molar-refractivity contribution in [3.63, 3.8) is 0 Å². The minimum atomic E-state index is -0.950. The van der Waals surface area contributed by atoms with Crippen LogP contribution in [0.1, 0.15) is 27.2 Å². The number of esters is 2. The predicted octanol–water partition coefficient (Wildman–Crippen LogP) is -0.138. The summed E-state index contributed by atoms with van der Waals surface area (Å²) < 4.78 is 8.90. The van der Waals surface area contributed by atoms with Crippen molar-refractivity contribution in [1.82, 2.24) is 0 Å². The second-order valence-corrected chi connectivity index (χ2v) is 2.98. The standard InChI is InChI=1S/C5H10O4.C5H10O2/c1-4(7)9-3-5(8)2-6;1-3-4-7-5(2)6/h5-6,8H,2-3H2,1H3;3-4H2,1-2H3. The molecular formula is C10H20O6. The second kappa shape index (κ2) is 11.9. The molecule has 0 aliphatic rings. The van der Waals surface area contributed by atoms with Crippen LogP contribution < -0.4 is 0 Å². The molecule has 0 radical (unpaired) electrons. The summed E-state index contributed by atoms with van der Waals surface area (Å²) in [6.45, 7) is 4.65. The Bertz CT molecular complexity index is 192. The fraction of sp³-hybridized carbons (Fsp3) is 0.800. The van der Waals surface area contributed by atoms with Gasteiger partial charge in [0, 0.05) is 13.8 Å². The molecule has 0 saturated heterocycles. The normalized spacial score (nSPS) is 10.8. The Kier molecular flexibility index (Phi) is 12.9. The maximum Gasteiger partial charge on any atom is 0.302 e. The summed E-state index contributed by atoms with van der Waals surface area (Å²) >= 11 is 0. The maximum atomic E-state index is 10.0. The summed E-state index contributed by atoms with van der Waals surface area (Å²) in [6.07, 6.45) is -0.0477. The largest absolute Gasteiger partial charge is 0.466 e. The van der Waals surface area contributed by atoms with Gasteiger partial charge in [-0.25, -0.2) is 0 Å². The zero-order valence-electron chi connectivity index (χ0n) is 9.93. The highest BCUT2D eigenvalue weighted by Gasteiger charge is 2.02. The van der Waals surface area contributed by atoms with Gasteiger partial charge < -0.3 is 19.7 Å². The van der Waals surface area contributed by atoms with Crippen molar-refractivity contribution >= 4 is 11.9 Å². The third-order valence-corrected chi connectivity index (χ3v) is 1.20. The minimum Gasteiger partial charge on any atom is -0.466 e. The van der Waals surface area contributed by atoms with E-state index in [1.54, 1.807) is 0 Å². The van der Waals surface area contributed by atoms with Crippen LogP contribution in [-0.4, -0.2) is 48.1 Å². The number of carbonyl (C=O) groups is 2. The van der Waals surface area contributed by atoms with Crippen LogP contribution in [0.25, 0.3) is 0 Å². The number of hydrogen-bond acceptors (Lipinski definition) is 6. The molecular weight excluding hydrogens is 216 g/mol. The highest BCUT2D eigenvalue weighted by atomic mass is 16.5. The molecule has 2 N–H and O–H groups in total. The van der Waals surface area contributed by atoms with E-state index in [1.807, 2.05) is 6.92 Å². The molecule has 0 aliphatic carbocycles. The molecule has 0 rings (SSSR count). The number of rotatable bonds is 5. The Hall–Kier alpha value is -1.14. The van der Waals surface area contributed by atoms with Crippen LogP contribution in [0.4, 0.5) is 0 Å². The van der Waals surface area contributed by atoms with Crippen molar-refractivity contribution in [2.75, 3.05) is 19.8 Å². The van der Waals surface area contributed by atoms with Gasteiger partial charge in [0.1, 0.15) is 12.7 Å². The molecule has 0 amide bonds. The smallest absolute Gasteiger partial charge is 0.302 e. The van der Waals surface area contributed by atoms with Crippen LogP contribution in [0, 0.1) is 0 Å². The average molecular weight is 236 g/mol. The van der Waals surface area contributed by atoms with Crippen molar-refractivity contribution in [2.45, 2.75) is 33.3 Å². The van der Waals surface area contributed by atoms with E-state index < -0.39 is 12.1 Å². The van der Waals surface area contributed by atoms with E-state index in [0.29, 0.717) is 6.61 Å². The Morgan fingerprint density at radius 2 is 1.69 bits per heavy atom. The van der Waals surface area contributed by atoms with Gasteiger partial charge in [0.05, 0.1) is 13.2 Å². The van der Waals surface area contributed by atoms with Crippen molar-refractivity contribution in [3.8, 4) is 0 Å². The Morgan fingerprint density at radius 1 is 1.19 bits per heavy atom. The summed E-state index contributed by atoms with van der Waals surface area (Å²) in [6, 6.07) is 0. The summed E-state index contributed by atoms with van der Waals surface area (Å²) in [4.78, 5) is 20.0. The first-order valence-electron chi connectivity index (χ1n) is 4.99. The quantitative estimate of drug-likeness (QED) is 0.645. The van der Waals surface area contributed by atoms with E-state index >= 15 is 0 Å². The lowest BCUT2D eigenvalue weighted by Crippen LogP contribution is -2.20. The number of carbonyl (C=O) groups excluding carboxylic acids is 2. The third kappa shape index (κ3) is 18.6. The van der Waals surface area contributed by atoms with Crippen molar-refractivity contribution < 1.29 is 29.3 Å². The average Bonchev–Trinajstić information content (AvgIpc) is 2.23. The van der Waals surface area contributed by atoms with Crippen molar-refractivity contribution in [2.24, 2.45) is 0 Å². The number of ether oxygens (including phenoxy) is 2. The SMILES string of the molecule is CC(=O)OCC(O)CO.CCCOC(C)=O. The topological polar surface area (TPSA) is 93.1 Å². The Morgan fingerprint density at radius 3 is 1.94 bits per heavy atom. The first-order valence-corrected chi connectivity index (χ1v) is 4.99. The predicted molar refractivity (Wildman–Crippen MR) is 56.6 cm³/mol. The molecule has 0 heterocycles. The van der Waals surface area contributed by atoms with Crippen LogP contribution in [-0.2, 0) is 19.1 Å². The monoisotopic (exact) mass is 236 g/mol. The van der Waals surface area contributed by atoms with Gasteiger partial charge in [0.2, 0.25) is 0 Å². The van der Waals surface area contributed by atoms with E-state index in [0.717, 1.165) is 6.42 Å². The van der Waals surface area contributed by atoms with Crippen molar-refractivity contribution in [3.05, 3.63) is 0 Å². The maximum absolute atomic E-state index is 10.0. The van der Waals surface area contributed by atoms with E-state index in [-0.39, 0.29) is 19.2 Å². The number of hydrogen-bond donors (Lipinski definition) is 2. The molecule has 0 aromatic carbocycles. The Labute approximate surface area is 95.2 Å². The molecule has 0 saturated carbocycles. The molecule has 0 aromatic rings. The summed E-state index contributed by atoms with van der Waals surface area (Å²) in [7, 11) is 0. The van der Waals surface area contributed by atoms with Crippen molar-refractivity contribution in [1.29, 1.82) is 0 Å². The van der Waals surface area contributed by atoms with Gasteiger partial charge in [-0.2, -0.15) is 0 Å². The van der Waals surface area contributed by atoms with Gasteiger partial charge in [-0.15, -0.1) is 0 Å². The van der Waals surface area contributed by atoms with Crippen LogP contribution in [0.15, 0.2) is 0 Å². The second-order valence-electron chi connectivity index (χ2n) is 2.98. The summed E-state index contributed by atoms with van der Waals surface area (Å²) in [5, 5.41) is 16.8. The number of aliphatic hydroxyl groups excluding tert-OH is 2. The molecule has 0 fully saturated rings. The van der Waals surface area contributed by atoms with Gasteiger partial charge >= 0.3 is 11.9 Å². The van der Waals surface area contributed by atoms with Crippen LogP contribution in [0.5, 0.6) is 0 Å². The lowest BCUT2D eigenvalue weighted by Gasteiger charge is -2.05. The van der Waals surface area contributed by atoms with Crippen LogP contribution in [0.2, 0.25) is 0 Å². The van der Waals surface area contributed by atoms with Crippen LogP contribution >= 0.6 is 0 Å². The summed E-state index contributed by atoms with van der Waals surface area (Å²) in [5.74, 6) is -0.649. The first kappa shape index (κ1) is 17.3. The lowest BCUT2D eigenvalue weighted by atomic mass is 10.4. The van der Waals surface area contributed by atoms with Gasteiger partial charge in [-0.3, -0.25) is 9.59 Å². The molecule has 0 spiro atoms. The highest BCUT2D eigenvalue weighted by Crippen LogP contribution is 1.83. The highest BCUT2D eigenvalue weighted by molar-refractivity contribution is 5.66.